The third-order valence-electron chi connectivity index (χ3n) is 5.27. The molecule has 0 amide bonds. The number of furan rings is 1. The molecule has 2 saturated heterocycles. The van der Waals surface area contributed by atoms with E-state index < -0.39 is 12.1 Å². The van der Waals surface area contributed by atoms with Gasteiger partial charge in [-0.3, -0.25) is 4.90 Å². The highest BCUT2D eigenvalue weighted by Crippen LogP contribution is 2.42. The van der Waals surface area contributed by atoms with Crippen molar-refractivity contribution in [3.63, 3.8) is 0 Å². The molecule has 0 bridgehead atoms. The molecule has 31 heavy (non-hydrogen) atoms. The Hall–Kier alpha value is -2.66. The number of aryl methyl sites for hydroxylation is 2. The first-order valence-corrected chi connectivity index (χ1v) is 9.65. The SMILES string of the molecule is Cc1ccnc(OC[C@]23COC[C@H]2CN(Cc2ccc(C)o2)C3)n1.O=C(O)C(F)(F)F. The number of aromatic nitrogens is 2. The molecule has 0 saturated carbocycles. The van der Waals surface area contributed by atoms with Gasteiger partial charge in [0.15, 0.2) is 0 Å². The summed E-state index contributed by atoms with van der Waals surface area (Å²) in [5.41, 5.74) is 0.937. The van der Waals surface area contributed by atoms with Gasteiger partial charge in [0.05, 0.1) is 19.8 Å². The van der Waals surface area contributed by atoms with E-state index in [-0.39, 0.29) is 5.41 Å². The lowest BCUT2D eigenvalue weighted by atomic mass is 9.82. The zero-order chi connectivity index (χ0) is 22.6. The molecule has 2 atom stereocenters. The maximum atomic E-state index is 10.6. The molecule has 2 aliphatic heterocycles. The van der Waals surface area contributed by atoms with Crippen LogP contribution in [0.4, 0.5) is 13.2 Å². The van der Waals surface area contributed by atoms with Crippen LogP contribution in [-0.2, 0) is 16.1 Å². The topological polar surface area (TPSA) is 97.9 Å². The van der Waals surface area contributed by atoms with Gasteiger partial charge in [-0.25, -0.2) is 14.8 Å². The van der Waals surface area contributed by atoms with E-state index in [1.54, 1.807) is 6.20 Å². The minimum atomic E-state index is -5.08. The normalized spacial score (nSPS) is 23.2. The number of carboxylic acid groups (broad SMARTS) is 1. The van der Waals surface area contributed by atoms with Crippen molar-refractivity contribution in [1.82, 2.24) is 14.9 Å². The van der Waals surface area contributed by atoms with Crippen LogP contribution in [0.25, 0.3) is 0 Å². The standard InChI is InChI=1S/C18H23N3O3.C2HF3O2/c1-13-5-6-19-17(20-13)23-12-18-10-21(7-15(18)9-22-11-18)8-16-4-3-14(2)24-16;3-2(4,5)1(6)7/h3-6,15H,7-12H2,1-2H3;(H,6,7)/t15-,18+;/m1./s1. The number of carbonyl (C=O) groups is 1. The van der Waals surface area contributed by atoms with Crippen LogP contribution in [-0.4, -0.2) is 65.0 Å². The van der Waals surface area contributed by atoms with Gasteiger partial charge in [-0.15, -0.1) is 0 Å². The summed E-state index contributed by atoms with van der Waals surface area (Å²) in [6, 6.07) is 6.40. The predicted molar refractivity (Wildman–Crippen MR) is 101 cm³/mol. The Morgan fingerprint density at radius 3 is 2.71 bits per heavy atom. The van der Waals surface area contributed by atoms with Gasteiger partial charge < -0.3 is 19.0 Å². The molecule has 1 N–H and O–H groups in total. The number of rotatable bonds is 5. The highest BCUT2D eigenvalue weighted by Gasteiger charge is 2.51. The molecule has 0 spiro atoms. The zero-order valence-corrected chi connectivity index (χ0v) is 17.2. The highest BCUT2D eigenvalue weighted by atomic mass is 19.4. The van der Waals surface area contributed by atoms with Gasteiger partial charge in [-0.1, -0.05) is 0 Å². The molecule has 2 aliphatic rings. The van der Waals surface area contributed by atoms with Gasteiger partial charge >= 0.3 is 18.2 Å². The number of hydrogen-bond acceptors (Lipinski definition) is 7. The minimum Gasteiger partial charge on any atom is -0.475 e. The number of nitrogens with zero attached hydrogens (tertiary/aromatic N) is 3. The van der Waals surface area contributed by atoms with E-state index in [9.17, 15) is 13.2 Å². The maximum absolute atomic E-state index is 10.6. The number of likely N-dealkylation sites (tertiary alicyclic amines) is 1. The van der Waals surface area contributed by atoms with Gasteiger partial charge in [0, 0.05) is 36.3 Å². The maximum Gasteiger partial charge on any atom is 0.490 e. The Balaban J connectivity index is 0.000000339. The first-order chi connectivity index (χ1) is 14.6. The molecule has 0 aliphatic carbocycles. The molecule has 2 fully saturated rings. The molecule has 8 nitrogen and oxygen atoms in total. The van der Waals surface area contributed by atoms with Gasteiger partial charge in [0.1, 0.15) is 18.1 Å². The van der Waals surface area contributed by atoms with Crippen LogP contribution in [0.3, 0.4) is 0 Å². The number of fused-ring (bicyclic) bond motifs is 1. The van der Waals surface area contributed by atoms with Crippen molar-refractivity contribution in [3.05, 3.63) is 41.6 Å². The van der Waals surface area contributed by atoms with Gasteiger partial charge in [0.2, 0.25) is 0 Å². The summed E-state index contributed by atoms with van der Waals surface area (Å²) in [6.07, 6.45) is -3.35. The fourth-order valence-corrected chi connectivity index (χ4v) is 3.76. The second kappa shape index (κ2) is 9.23. The van der Waals surface area contributed by atoms with Gasteiger partial charge in [0.25, 0.3) is 0 Å². The number of carboxylic acids is 1. The third-order valence-corrected chi connectivity index (χ3v) is 5.27. The van der Waals surface area contributed by atoms with E-state index in [0.717, 1.165) is 50.1 Å². The second-order valence-electron chi connectivity index (χ2n) is 7.83. The summed E-state index contributed by atoms with van der Waals surface area (Å²) in [5.74, 6) is -0.292. The molecule has 0 radical (unpaired) electrons. The number of alkyl halides is 3. The van der Waals surface area contributed by atoms with Crippen LogP contribution < -0.4 is 4.74 Å². The summed E-state index contributed by atoms with van der Waals surface area (Å²) >= 11 is 0. The Kier molecular flexibility index (Phi) is 6.85. The Bertz CT molecular complexity index is 904. The number of aliphatic carboxylic acids is 1. The van der Waals surface area contributed by atoms with E-state index in [1.807, 2.05) is 26.0 Å². The monoisotopic (exact) mass is 443 g/mol. The lowest BCUT2D eigenvalue weighted by Crippen LogP contribution is -2.37. The molecule has 2 aromatic heterocycles. The van der Waals surface area contributed by atoms with E-state index in [2.05, 4.69) is 20.9 Å². The first kappa shape index (κ1) is 23.0. The van der Waals surface area contributed by atoms with Gasteiger partial charge in [-0.05, 0) is 32.0 Å². The fourth-order valence-electron chi connectivity index (χ4n) is 3.76. The average Bonchev–Trinajstić information content (AvgIpc) is 3.34. The molecule has 11 heteroatoms. The summed E-state index contributed by atoms with van der Waals surface area (Å²) < 4.78 is 49.1. The largest absolute Gasteiger partial charge is 0.490 e. The van der Waals surface area contributed by atoms with Crippen molar-refractivity contribution in [2.75, 3.05) is 32.9 Å². The minimum absolute atomic E-state index is 0.0226. The van der Waals surface area contributed by atoms with E-state index in [1.165, 1.54) is 0 Å². The fraction of sp³-hybridized carbons (Fsp3) is 0.550. The lowest BCUT2D eigenvalue weighted by molar-refractivity contribution is -0.192. The van der Waals surface area contributed by atoms with E-state index >= 15 is 0 Å². The Morgan fingerprint density at radius 2 is 2.10 bits per heavy atom. The van der Waals surface area contributed by atoms with Crippen molar-refractivity contribution < 1.29 is 37.0 Å². The van der Waals surface area contributed by atoms with Crippen LogP contribution in [0.5, 0.6) is 6.01 Å². The van der Waals surface area contributed by atoms with Crippen LogP contribution in [0.15, 0.2) is 28.8 Å². The first-order valence-electron chi connectivity index (χ1n) is 9.65. The van der Waals surface area contributed by atoms with Crippen LogP contribution in [0.1, 0.15) is 17.2 Å². The summed E-state index contributed by atoms with van der Waals surface area (Å²) in [6.45, 7) is 8.84. The molecule has 4 heterocycles. The Labute approximate surface area is 177 Å². The predicted octanol–water partition coefficient (Wildman–Crippen LogP) is 2.85. The lowest BCUT2D eigenvalue weighted by Gasteiger charge is -2.26. The van der Waals surface area contributed by atoms with Crippen LogP contribution in [0, 0.1) is 25.2 Å². The number of ether oxygens (including phenoxy) is 2. The summed E-state index contributed by atoms with van der Waals surface area (Å²) in [4.78, 5) is 19.9. The molecule has 4 rings (SSSR count). The third kappa shape index (κ3) is 5.95. The Morgan fingerprint density at radius 1 is 1.35 bits per heavy atom. The number of halogens is 3. The zero-order valence-electron chi connectivity index (χ0n) is 17.2. The molecular weight excluding hydrogens is 419 g/mol. The molecule has 0 unspecified atom stereocenters. The van der Waals surface area contributed by atoms with Gasteiger partial charge in [-0.2, -0.15) is 13.2 Å². The van der Waals surface area contributed by atoms with Crippen LogP contribution >= 0.6 is 0 Å². The summed E-state index contributed by atoms with van der Waals surface area (Å²) in [5, 5.41) is 7.12. The smallest absolute Gasteiger partial charge is 0.475 e. The quantitative estimate of drug-likeness (QED) is 0.754. The van der Waals surface area contributed by atoms with E-state index in [4.69, 9.17) is 23.8 Å². The molecule has 170 valence electrons. The van der Waals surface area contributed by atoms with Crippen molar-refractivity contribution in [1.29, 1.82) is 0 Å². The molecule has 2 aromatic rings. The highest BCUT2D eigenvalue weighted by molar-refractivity contribution is 5.73. The molecule has 0 aromatic carbocycles. The summed E-state index contributed by atoms with van der Waals surface area (Å²) in [7, 11) is 0. The van der Waals surface area contributed by atoms with Crippen molar-refractivity contribution >= 4 is 5.97 Å². The average molecular weight is 443 g/mol. The van der Waals surface area contributed by atoms with Crippen LogP contribution in [0.2, 0.25) is 0 Å². The number of hydrogen-bond donors (Lipinski definition) is 1. The van der Waals surface area contributed by atoms with Crippen molar-refractivity contribution in [2.24, 2.45) is 11.3 Å². The van der Waals surface area contributed by atoms with Crippen molar-refractivity contribution in [2.45, 2.75) is 26.6 Å². The van der Waals surface area contributed by atoms with E-state index in [0.29, 0.717) is 18.5 Å². The molecular formula is C20H24F3N3O5. The second-order valence-corrected chi connectivity index (χ2v) is 7.83. The van der Waals surface area contributed by atoms with Crippen molar-refractivity contribution in [3.8, 4) is 6.01 Å².